The number of rotatable bonds is 5. The second kappa shape index (κ2) is 8.39. The number of nitriles is 1. The highest BCUT2D eigenvalue weighted by Gasteiger charge is 2.26. The van der Waals surface area contributed by atoms with Crippen molar-refractivity contribution in [2.24, 2.45) is 0 Å². The maximum absolute atomic E-state index is 12.6. The summed E-state index contributed by atoms with van der Waals surface area (Å²) in [5.41, 5.74) is 1.50. The number of carbonyl (C=O) groups excluding carboxylic acids is 1. The quantitative estimate of drug-likeness (QED) is 0.584. The SMILES string of the molecule is CC(Oc1ccc(C#N)cc1)C(=O)N1CCN(c2ccc([N+](=O)[O-])cc2)CC1. The van der Waals surface area contributed by atoms with Crippen molar-refractivity contribution in [3.8, 4) is 11.8 Å². The third kappa shape index (κ3) is 4.38. The largest absolute Gasteiger partial charge is 0.481 e. The van der Waals surface area contributed by atoms with E-state index in [1.807, 2.05) is 6.07 Å². The molecule has 3 rings (SSSR count). The number of nitro groups is 1. The minimum atomic E-state index is -0.626. The van der Waals surface area contributed by atoms with Crippen molar-refractivity contribution in [2.45, 2.75) is 13.0 Å². The topological polar surface area (TPSA) is 99.7 Å². The number of non-ortho nitro benzene ring substituents is 1. The van der Waals surface area contributed by atoms with E-state index in [2.05, 4.69) is 4.90 Å². The molecular weight excluding hydrogens is 360 g/mol. The highest BCUT2D eigenvalue weighted by Crippen LogP contribution is 2.21. The molecule has 1 heterocycles. The molecule has 0 aromatic heterocycles. The fourth-order valence-corrected chi connectivity index (χ4v) is 3.09. The fourth-order valence-electron chi connectivity index (χ4n) is 3.09. The molecule has 1 fully saturated rings. The van der Waals surface area contributed by atoms with Crippen LogP contribution in [-0.2, 0) is 4.79 Å². The summed E-state index contributed by atoms with van der Waals surface area (Å²) in [6, 6.07) is 15.1. The summed E-state index contributed by atoms with van der Waals surface area (Å²) < 4.78 is 5.70. The molecule has 1 aliphatic rings. The summed E-state index contributed by atoms with van der Waals surface area (Å²) in [7, 11) is 0. The summed E-state index contributed by atoms with van der Waals surface area (Å²) in [5.74, 6) is 0.456. The van der Waals surface area contributed by atoms with Crippen LogP contribution < -0.4 is 9.64 Å². The normalized spacial score (nSPS) is 14.9. The number of anilines is 1. The third-order valence-corrected chi connectivity index (χ3v) is 4.66. The highest BCUT2D eigenvalue weighted by atomic mass is 16.6. The Morgan fingerprint density at radius 1 is 1.11 bits per heavy atom. The van der Waals surface area contributed by atoms with Gasteiger partial charge in [-0.15, -0.1) is 0 Å². The first-order chi connectivity index (χ1) is 13.5. The molecule has 1 aliphatic heterocycles. The summed E-state index contributed by atoms with van der Waals surface area (Å²) in [4.78, 5) is 26.8. The Kier molecular flexibility index (Phi) is 5.75. The number of ether oxygens (including phenoxy) is 1. The van der Waals surface area contributed by atoms with E-state index in [1.165, 1.54) is 12.1 Å². The van der Waals surface area contributed by atoms with Gasteiger partial charge in [-0.2, -0.15) is 5.26 Å². The number of nitro benzene ring substituents is 1. The van der Waals surface area contributed by atoms with Crippen molar-refractivity contribution in [1.29, 1.82) is 5.26 Å². The molecule has 144 valence electrons. The van der Waals surface area contributed by atoms with Gasteiger partial charge in [0.05, 0.1) is 16.6 Å². The first-order valence-corrected chi connectivity index (χ1v) is 8.93. The summed E-state index contributed by atoms with van der Waals surface area (Å²) in [6.45, 7) is 4.11. The molecule has 0 radical (unpaired) electrons. The average Bonchev–Trinajstić information content (AvgIpc) is 2.74. The van der Waals surface area contributed by atoms with E-state index in [0.717, 1.165) is 5.69 Å². The Bertz CT molecular complexity index is 882. The van der Waals surface area contributed by atoms with Crippen LogP contribution in [0.5, 0.6) is 5.75 Å². The molecule has 0 N–H and O–H groups in total. The number of hydrogen-bond donors (Lipinski definition) is 0. The zero-order valence-corrected chi connectivity index (χ0v) is 15.4. The van der Waals surface area contributed by atoms with E-state index in [9.17, 15) is 14.9 Å². The first kappa shape index (κ1) is 19.2. The van der Waals surface area contributed by atoms with Gasteiger partial charge in [0.2, 0.25) is 0 Å². The number of hydrogen-bond acceptors (Lipinski definition) is 6. The molecule has 0 spiro atoms. The van der Waals surface area contributed by atoms with Gasteiger partial charge in [0, 0.05) is 44.0 Å². The van der Waals surface area contributed by atoms with Crippen molar-refractivity contribution in [3.05, 3.63) is 64.2 Å². The summed E-state index contributed by atoms with van der Waals surface area (Å²) in [6.07, 6.45) is -0.626. The lowest BCUT2D eigenvalue weighted by Crippen LogP contribution is -2.52. The summed E-state index contributed by atoms with van der Waals surface area (Å²) in [5, 5.41) is 19.6. The average molecular weight is 380 g/mol. The number of amides is 1. The molecule has 1 saturated heterocycles. The second-order valence-electron chi connectivity index (χ2n) is 6.48. The van der Waals surface area contributed by atoms with Gasteiger partial charge in [0.25, 0.3) is 11.6 Å². The Hall–Kier alpha value is -3.60. The molecule has 0 saturated carbocycles. The number of carbonyl (C=O) groups is 1. The Morgan fingerprint density at radius 3 is 2.25 bits per heavy atom. The molecule has 2 aromatic rings. The van der Waals surface area contributed by atoms with Crippen LogP contribution in [0.1, 0.15) is 12.5 Å². The van der Waals surface area contributed by atoms with Gasteiger partial charge >= 0.3 is 0 Å². The number of piperazine rings is 1. The predicted octanol–water partition coefficient (Wildman–Crippen LogP) is 2.58. The second-order valence-corrected chi connectivity index (χ2v) is 6.48. The maximum Gasteiger partial charge on any atom is 0.269 e. The maximum atomic E-state index is 12.6. The van der Waals surface area contributed by atoms with E-state index in [1.54, 1.807) is 48.2 Å². The Morgan fingerprint density at radius 2 is 1.71 bits per heavy atom. The van der Waals surface area contributed by atoms with Gasteiger partial charge < -0.3 is 14.5 Å². The van der Waals surface area contributed by atoms with Crippen molar-refractivity contribution in [1.82, 2.24) is 4.90 Å². The van der Waals surface area contributed by atoms with Gasteiger partial charge in [-0.25, -0.2) is 0 Å². The van der Waals surface area contributed by atoms with Crippen LogP contribution in [-0.4, -0.2) is 48.0 Å². The first-order valence-electron chi connectivity index (χ1n) is 8.93. The standard InChI is InChI=1S/C20H20N4O4/c1-15(28-19-8-2-16(14-21)3-9-19)20(25)23-12-10-22(11-13-23)17-4-6-18(7-5-17)24(26)27/h2-9,15H,10-13H2,1H3. The van der Waals surface area contributed by atoms with Crippen molar-refractivity contribution in [3.63, 3.8) is 0 Å². The van der Waals surface area contributed by atoms with E-state index in [-0.39, 0.29) is 11.6 Å². The monoisotopic (exact) mass is 380 g/mol. The van der Waals surface area contributed by atoms with Crippen LogP contribution in [0, 0.1) is 21.4 Å². The molecule has 8 heteroatoms. The molecule has 1 unspecified atom stereocenters. The minimum absolute atomic E-state index is 0.0614. The zero-order chi connectivity index (χ0) is 20.1. The molecular formula is C20H20N4O4. The number of benzene rings is 2. The van der Waals surface area contributed by atoms with Gasteiger partial charge in [-0.05, 0) is 43.3 Å². The van der Waals surface area contributed by atoms with Crippen molar-refractivity contribution in [2.75, 3.05) is 31.1 Å². The molecule has 2 aromatic carbocycles. The van der Waals surface area contributed by atoms with Crippen molar-refractivity contribution >= 4 is 17.3 Å². The fraction of sp³-hybridized carbons (Fsp3) is 0.300. The van der Waals surface area contributed by atoms with E-state index >= 15 is 0 Å². The van der Waals surface area contributed by atoms with E-state index in [0.29, 0.717) is 37.5 Å². The van der Waals surface area contributed by atoms with E-state index < -0.39 is 11.0 Å². The van der Waals surface area contributed by atoms with Crippen LogP contribution >= 0.6 is 0 Å². The molecule has 28 heavy (non-hydrogen) atoms. The van der Waals surface area contributed by atoms with Crippen LogP contribution in [0.25, 0.3) is 0 Å². The Balaban J connectivity index is 1.53. The van der Waals surface area contributed by atoms with Crippen molar-refractivity contribution < 1.29 is 14.5 Å². The molecule has 1 amide bonds. The lowest BCUT2D eigenvalue weighted by molar-refractivity contribution is -0.384. The lowest BCUT2D eigenvalue weighted by atomic mass is 10.2. The zero-order valence-electron chi connectivity index (χ0n) is 15.4. The van der Waals surface area contributed by atoms with Crippen LogP contribution in [0.4, 0.5) is 11.4 Å². The van der Waals surface area contributed by atoms with Gasteiger partial charge in [0.1, 0.15) is 5.75 Å². The van der Waals surface area contributed by atoms with Crippen LogP contribution in [0.3, 0.4) is 0 Å². The van der Waals surface area contributed by atoms with Gasteiger partial charge in [-0.1, -0.05) is 0 Å². The highest BCUT2D eigenvalue weighted by molar-refractivity contribution is 5.81. The molecule has 8 nitrogen and oxygen atoms in total. The smallest absolute Gasteiger partial charge is 0.269 e. The van der Waals surface area contributed by atoms with Crippen LogP contribution in [0.2, 0.25) is 0 Å². The molecule has 0 bridgehead atoms. The minimum Gasteiger partial charge on any atom is -0.481 e. The lowest BCUT2D eigenvalue weighted by Gasteiger charge is -2.37. The number of nitrogens with zero attached hydrogens (tertiary/aromatic N) is 4. The molecule has 1 atom stereocenters. The third-order valence-electron chi connectivity index (χ3n) is 4.66. The van der Waals surface area contributed by atoms with E-state index in [4.69, 9.17) is 10.00 Å². The predicted molar refractivity (Wildman–Crippen MR) is 103 cm³/mol. The van der Waals surface area contributed by atoms with Gasteiger partial charge in [0.15, 0.2) is 6.10 Å². The Labute approximate surface area is 162 Å². The van der Waals surface area contributed by atoms with Gasteiger partial charge in [-0.3, -0.25) is 14.9 Å². The summed E-state index contributed by atoms with van der Waals surface area (Å²) >= 11 is 0. The van der Waals surface area contributed by atoms with Crippen LogP contribution in [0.15, 0.2) is 48.5 Å². The molecule has 0 aliphatic carbocycles.